The molecule has 4 aliphatic heterocycles. The molecule has 1 spiro atoms. The van der Waals surface area contributed by atoms with Gasteiger partial charge in [-0.3, -0.25) is 10.0 Å². The van der Waals surface area contributed by atoms with E-state index in [1.807, 2.05) is 76.1 Å². The molecule has 2 fully saturated rings. The van der Waals surface area contributed by atoms with Crippen LogP contribution in [0.4, 0.5) is 11.4 Å². The fraction of sp³-hybridized carbons (Fsp3) is 0.286. The molecule has 0 bridgehead atoms. The number of esters is 2. The Balaban J connectivity index is 1.30. The maximum atomic E-state index is 13.7. The first-order chi connectivity index (χ1) is 19.5. The molecule has 2 aromatic carbocycles. The van der Waals surface area contributed by atoms with Gasteiger partial charge >= 0.3 is 11.9 Å². The lowest BCUT2D eigenvalue weighted by atomic mass is 9.84. The summed E-state index contributed by atoms with van der Waals surface area (Å²) in [6.45, 7) is 0.317. The highest BCUT2D eigenvalue weighted by Gasteiger charge is 2.72. The van der Waals surface area contributed by atoms with Crippen LogP contribution in [0.1, 0.15) is 4.88 Å². The summed E-state index contributed by atoms with van der Waals surface area (Å²) in [4.78, 5) is 27.5. The van der Waals surface area contributed by atoms with Gasteiger partial charge in [-0.2, -0.15) is 10.2 Å². The first-order valence-corrected chi connectivity index (χ1v) is 14.4. The molecule has 4 aliphatic rings. The fourth-order valence-corrected chi connectivity index (χ4v) is 8.14. The molecule has 0 N–H and O–H groups in total. The van der Waals surface area contributed by atoms with E-state index in [0.717, 1.165) is 16.3 Å². The van der Waals surface area contributed by atoms with E-state index in [0.29, 0.717) is 22.9 Å². The molecule has 2 saturated heterocycles. The summed E-state index contributed by atoms with van der Waals surface area (Å²) in [5, 5.41) is 14.9. The molecule has 3 aromatic rings. The van der Waals surface area contributed by atoms with Gasteiger partial charge in [-0.1, -0.05) is 6.07 Å². The third-order valence-corrected chi connectivity index (χ3v) is 10.1. The van der Waals surface area contributed by atoms with Crippen molar-refractivity contribution < 1.29 is 28.5 Å². The number of carbonyl (C=O) groups is 2. The number of rotatable bonds is 7. The van der Waals surface area contributed by atoms with Gasteiger partial charge < -0.3 is 18.9 Å². The Hall–Kier alpha value is -4.03. The molecular formula is C28H24N4O6S2. The molecule has 5 heterocycles. The number of fused-ring (bicyclic) bond motifs is 2. The van der Waals surface area contributed by atoms with Crippen LogP contribution in [0.15, 0.2) is 76.2 Å². The van der Waals surface area contributed by atoms with Crippen LogP contribution < -0.4 is 19.5 Å². The number of methoxy groups -OCH3 is 2. The lowest BCUT2D eigenvalue weighted by molar-refractivity contribution is -0.137. The number of ether oxygens (including phenoxy) is 4. The minimum absolute atomic E-state index is 0.157. The number of thioether (sulfide) groups is 1. The van der Waals surface area contributed by atoms with E-state index in [9.17, 15) is 9.59 Å². The zero-order chi connectivity index (χ0) is 27.4. The lowest BCUT2D eigenvalue weighted by Crippen LogP contribution is -2.50. The molecule has 0 amide bonds. The van der Waals surface area contributed by atoms with Gasteiger partial charge in [0.1, 0.15) is 34.8 Å². The van der Waals surface area contributed by atoms with Gasteiger partial charge in [0.15, 0.2) is 11.4 Å². The number of hydrazone groups is 2. The number of thiophene rings is 1. The van der Waals surface area contributed by atoms with Gasteiger partial charge in [0.05, 0.1) is 37.6 Å². The molecule has 0 aliphatic carbocycles. The average Bonchev–Trinajstić information content (AvgIpc) is 3.79. The van der Waals surface area contributed by atoms with Crippen molar-refractivity contribution in [3.63, 3.8) is 0 Å². The standard InChI is InChI=1S/C28H24N4O6S2/c1-35-18-9-5-16(6-10-18)31-24-21-22(26(33)37-14-20-4-3-13-39-20)29-32(17-7-11-19(36-2)12-8-17)25(21)40-28(24)15-38-27(34)23(28)30-31/h3-13,21,24-25H,14-15H2,1-2H3/t21-,24-,25+,28-/m1/s1. The zero-order valence-electron chi connectivity index (χ0n) is 21.6. The van der Waals surface area contributed by atoms with Crippen molar-refractivity contribution in [1.29, 1.82) is 0 Å². The normalized spacial score (nSPS) is 26.1. The minimum atomic E-state index is -0.772. The van der Waals surface area contributed by atoms with Crippen LogP contribution in [0.3, 0.4) is 0 Å². The number of anilines is 2. The lowest BCUT2D eigenvalue weighted by Gasteiger charge is -2.31. The van der Waals surface area contributed by atoms with Crippen molar-refractivity contribution in [3.05, 3.63) is 70.9 Å². The first-order valence-electron chi connectivity index (χ1n) is 12.6. The third kappa shape index (κ3) is 3.77. The van der Waals surface area contributed by atoms with Crippen LogP contribution in [0.25, 0.3) is 0 Å². The Bertz CT molecular complexity index is 1530. The van der Waals surface area contributed by atoms with Crippen molar-refractivity contribution in [2.24, 2.45) is 16.1 Å². The fourth-order valence-electron chi connectivity index (χ4n) is 5.65. The largest absolute Gasteiger partial charge is 0.497 e. The summed E-state index contributed by atoms with van der Waals surface area (Å²) in [5.41, 5.74) is 2.21. The summed E-state index contributed by atoms with van der Waals surface area (Å²) < 4.78 is 21.2. The Kier molecular flexibility index (Phi) is 5.97. The quantitative estimate of drug-likeness (QED) is 0.388. The number of carbonyl (C=O) groups excluding carboxylic acids is 2. The predicted molar refractivity (Wildman–Crippen MR) is 152 cm³/mol. The maximum Gasteiger partial charge on any atom is 0.356 e. The van der Waals surface area contributed by atoms with Crippen LogP contribution in [0.2, 0.25) is 0 Å². The van der Waals surface area contributed by atoms with Crippen molar-refractivity contribution in [1.82, 2.24) is 0 Å². The maximum absolute atomic E-state index is 13.7. The molecular weight excluding hydrogens is 552 g/mol. The number of hydrogen-bond donors (Lipinski definition) is 0. The van der Waals surface area contributed by atoms with Crippen LogP contribution in [-0.4, -0.2) is 60.4 Å². The number of cyclic esters (lactones) is 1. The molecule has 0 saturated carbocycles. The van der Waals surface area contributed by atoms with E-state index in [-0.39, 0.29) is 18.6 Å². The summed E-state index contributed by atoms with van der Waals surface area (Å²) in [6, 6.07) is 18.4. The Morgan fingerprint density at radius 3 is 2.30 bits per heavy atom. The van der Waals surface area contributed by atoms with E-state index >= 15 is 0 Å². The highest BCUT2D eigenvalue weighted by atomic mass is 32.2. The molecule has 0 unspecified atom stereocenters. The smallest absolute Gasteiger partial charge is 0.356 e. The van der Waals surface area contributed by atoms with Crippen LogP contribution >= 0.6 is 23.1 Å². The van der Waals surface area contributed by atoms with Gasteiger partial charge in [0.25, 0.3) is 0 Å². The molecule has 4 atom stereocenters. The third-order valence-electron chi connectivity index (χ3n) is 7.52. The van der Waals surface area contributed by atoms with Gasteiger partial charge in [-0.15, -0.1) is 23.1 Å². The van der Waals surface area contributed by atoms with Gasteiger partial charge in [0, 0.05) is 4.88 Å². The van der Waals surface area contributed by atoms with Crippen LogP contribution in [0, 0.1) is 5.92 Å². The van der Waals surface area contributed by atoms with Gasteiger partial charge in [-0.05, 0) is 60.0 Å². The van der Waals surface area contributed by atoms with Crippen molar-refractivity contribution >= 4 is 57.8 Å². The van der Waals surface area contributed by atoms with E-state index in [4.69, 9.17) is 29.2 Å². The van der Waals surface area contributed by atoms with E-state index in [1.165, 1.54) is 11.3 Å². The molecule has 40 heavy (non-hydrogen) atoms. The Morgan fingerprint density at radius 2 is 1.68 bits per heavy atom. The van der Waals surface area contributed by atoms with E-state index in [2.05, 4.69) is 0 Å². The second-order valence-corrected chi connectivity index (χ2v) is 12.1. The highest BCUT2D eigenvalue weighted by molar-refractivity contribution is 8.02. The molecule has 12 heteroatoms. The molecule has 1 aromatic heterocycles. The summed E-state index contributed by atoms with van der Waals surface area (Å²) in [6.07, 6.45) is 0. The topological polar surface area (TPSA) is 102 Å². The van der Waals surface area contributed by atoms with Gasteiger partial charge in [0.2, 0.25) is 0 Å². The molecule has 204 valence electrons. The monoisotopic (exact) mass is 576 g/mol. The molecule has 0 radical (unpaired) electrons. The van der Waals surface area contributed by atoms with Gasteiger partial charge in [-0.25, -0.2) is 9.59 Å². The van der Waals surface area contributed by atoms with Crippen molar-refractivity contribution in [3.8, 4) is 11.5 Å². The summed E-state index contributed by atoms with van der Waals surface area (Å²) in [5.74, 6) is 0.0486. The zero-order valence-corrected chi connectivity index (χ0v) is 23.2. The van der Waals surface area contributed by atoms with Crippen LogP contribution in [-0.2, 0) is 25.7 Å². The second kappa shape index (κ2) is 9.56. The first kappa shape index (κ1) is 25.0. The van der Waals surface area contributed by atoms with Crippen molar-refractivity contribution in [2.75, 3.05) is 30.8 Å². The van der Waals surface area contributed by atoms with E-state index in [1.54, 1.807) is 26.0 Å². The summed E-state index contributed by atoms with van der Waals surface area (Å²) in [7, 11) is 3.22. The second-order valence-electron chi connectivity index (χ2n) is 9.62. The predicted octanol–water partition coefficient (Wildman–Crippen LogP) is 3.91. The SMILES string of the molecule is COc1ccc(N2N=C(C(=O)OCc3cccs3)[C@H]3[C@@H]2S[C@]24COC(=O)C2=NN(c2ccc(OC)cc2)[C@H]34)cc1. The Morgan fingerprint density at radius 1 is 1.00 bits per heavy atom. The molecule has 10 nitrogen and oxygen atoms in total. The highest BCUT2D eigenvalue weighted by Crippen LogP contribution is 2.59. The number of nitrogens with zero attached hydrogens (tertiary/aromatic N) is 4. The average molecular weight is 577 g/mol. The number of benzene rings is 2. The molecule has 7 rings (SSSR count). The number of hydrogen-bond acceptors (Lipinski definition) is 12. The van der Waals surface area contributed by atoms with Crippen molar-refractivity contribution in [2.45, 2.75) is 22.8 Å². The van der Waals surface area contributed by atoms with E-state index < -0.39 is 28.6 Å². The minimum Gasteiger partial charge on any atom is -0.497 e. The Labute approximate surface area is 238 Å². The summed E-state index contributed by atoms with van der Waals surface area (Å²) >= 11 is 3.08. The van der Waals surface area contributed by atoms with Crippen LogP contribution in [0.5, 0.6) is 11.5 Å².